The molecule has 1 aliphatic rings. The molecule has 3 heteroatoms. The summed E-state index contributed by atoms with van der Waals surface area (Å²) in [4.78, 5) is 0. The average molecular weight is 195 g/mol. The van der Waals surface area contributed by atoms with Crippen molar-refractivity contribution in [1.82, 2.24) is 5.32 Å². The van der Waals surface area contributed by atoms with Crippen LogP contribution in [-0.2, 0) is 0 Å². The van der Waals surface area contributed by atoms with Gasteiger partial charge in [-0.25, -0.2) is 4.39 Å². The highest BCUT2D eigenvalue weighted by Gasteiger charge is 2.27. The Morgan fingerprint density at radius 1 is 1.43 bits per heavy atom. The molecule has 1 fully saturated rings. The molecule has 1 aliphatic heterocycles. The van der Waals surface area contributed by atoms with Crippen LogP contribution < -0.4 is 5.32 Å². The Balaban J connectivity index is 2.17. The first-order valence-corrected chi connectivity index (χ1v) is 4.91. The minimum atomic E-state index is -1.05. The quantitative estimate of drug-likeness (QED) is 0.756. The Labute approximate surface area is 82.8 Å². The molecule has 0 saturated carbocycles. The number of halogens is 1. The van der Waals surface area contributed by atoms with Crippen LogP contribution in [0.25, 0.3) is 0 Å². The minimum absolute atomic E-state index is 0.00306. The molecule has 2 atom stereocenters. The summed E-state index contributed by atoms with van der Waals surface area (Å²) in [5.41, 5.74) is 0.418. The lowest BCUT2D eigenvalue weighted by atomic mass is 9.96. The molecule has 0 bridgehead atoms. The van der Waals surface area contributed by atoms with Gasteiger partial charge in [-0.1, -0.05) is 18.2 Å². The lowest BCUT2D eigenvalue weighted by Gasteiger charge is -2.15. The smallest absolute Gasteiger partial charge is 0.133 e. The largest absolute Gasteiger partial charge is 0.508 e. The number of nitrogens with one attached hydrogen (secondary N) is 1. The lowest BCUT2D eigenvalue weighted by Crippen LogP contribution is -2.13. The van der Waals surface area contributed by atoms with Crippen molar-refractivity contribution in [3.63, 3.8) is 0 Å². The SMILES string of the molecule is Oc1ccccc1C(F)C1CCNC1. The summed E-state index contributed by atoms with van der Waals surface area (Å²) in [6, 6.07) is 6.64. The molecule has 0 aliphatic carbocycles. The van der Waals surface area contributed by atoms with Crippen molar-refractivity contribution in [3.05, 3.63) is 29.8 Å². The summed E-state index contributed by atoms with van der Waals surface area (Å²) in [6.07, 6.45) is -0.207. The van der Waals surface area contributed by atoms with E-state index in [2.05, 4.69) is 5.32 Å². The molecule has 1 heterocycles. The topological polar surface area (TPSA) is 32.3 Å². The molecule has 0 radical (unpaired) electrons. The number of phenols is 1. The highest BCUT2D eigenvalue weighted by Crippen LogP contribution is 2.34. The van der Waals surface area contributed by atoms with Gasteiger partial charge in [-0.3, -0.25) is 0 Å². The predicted octanol–water partition coefficient (Wildman–Crippen LogP) is 2.01. The number of phenolic OH excluding ortho intramolecular Hbond substituents is 1. The second-order valence-corrected chi connectivity index (χ2v) is 3.71. The van der Waals surface area contributed by atoms with Gasteiger partial charge in [0.05, 0.1) is 0 Å². The van der Waals surface area contributed by atoms with Gasteiger partial charge in [0.15, 0.2) is 0 Å². The van der Waals surface area contributed by atoms with E-state index in [0.29, 0.717) is 12.1 Å². The number of rotatable bonds is 2. The van der Waals surface area contributed by atoms with Crippen molar-refractivity contribution in [2.24, 2.45) is 5.92 Å². The second kappa shape index (κ2) is 3.96. The van der Waals surface area contributed by atoms with Crippen molar-refractivity contribution in [3.8, 4) is 5.75 Å². The van der Waals surface area contributed by atoms with Crippen LogP contribution in [0.15, 0.2) is 24.3 Å². The molecule has 1 saturated heterocycles. The van der Waals surface area contributed by atoms with Gasteiger partial charge >= 0.3 is 0 Å². The Morgan fingerprint density at radius 2 is 2.21 bits per heavy atom. The van der Waals surface area contributed by atoms with Gasteiger partial charge < -0.3 is 10.4 Å². The zero-order chi connectivity index (χ0) is 9.97. The van der Waals surface area contributed by atoms with Gasteiger partial charge in [0.1, 0.15) is 11.9 Å². The van der Waals surface area contributed by atoms with E-state index in [9.17, 15) is 9.50 Å². The van der Waals surface area contributed by atoms with Gasteiger partial charge in [-0.15, -0.1) is 0 Å². The number of hydrogen-bond acceptors (Lipinski definition) is 2. The van der Waals surface area contributed by atoms with Crippen molar-refractivity contribution in [1.29, 1.82) is 0 Å². The first-order chi connectivity index (χ1) is 6.79. The van der Waals surface area contributed by atoms with E-state index in [-0.39, 0.29) is 11.7 Å². The van der Waals surface area contributed by atoms with E-state index in [0.717, 1.165) is 13.0 Å². The standard InChI is InChI=1S/C11H14FNO/c12-11(8-5-6-13-7-8)9-3-1-2-4-10(9)14/h1-4,8,11,13-14H,5-7H2. The number of aromatic hydroxyl groups is 1. The fourth-order valence-electron chi connectivity index (χ4n) is 1.90. The molecule has 1 aromatic carbocycles. The van der Waals surface area contributed by atoms with Crippen LogP contribution in [0.4, 0.5) is 4.39 Å². The van der Waals surface area contributed by atoms with Gasteiger partial charge in [-0.05, 0) is 19.0 Å². The summed E-state index contributed by atoms with van der Waals surface area (Å²) < 4.78 is 13.9. The molecule has 76 valence electrons. The van der Waals surface area contributed by atoms with Crippen LogP contribution in [0.3, 0.4) is 0 Å². The Bertz CT molecular complexity index is 310. The maximum Gasteiger partial charge on any atom is 0.133 e. The highest BCUT2D eigenvalue weighted by molar-refractivity contribution is 5.34. The molecule has 2 unspecified atom stereocenters. The van der Waals surface area contributed by atoms with Crippen LogP contribution in [0.1, 0.15) is 18.2 Å². The number of benzene rings is 1. The fraction of sp³-hybridized carbons (Fsp3) is 0.455. The third-order valence-electron chi connectivity index (χ3n) is 2.75. The molecular weight excluding hydrogens is 181 g/mol. The summed E-state index contributed by atoms with van der Waals surface area (Å²) in [5.74, 6) is 0.0650. The lowest BCUT2D eigenvalue weighted by molar-refractivity contribution is 0.240. The number of alkyl halides is 1. The minimum Gasteiger partial charge on any atom is -0.508 e. The molecular formula is C11H14FNO. The zero-order valence-corrected chi connectivity index (χ0v) is 7.91. The van der Waals surface area contributed by atoms with Crippen molar-refractivity contribution < 1.29 is 9.50 Å². The Kier molecular flexibility index (Phi) is 2.68. The third kappa shape index (κ3) is 1.73. The van der Waals surface area contributed by atoms with Crippen LogP contribution >= 0.6 is 0 Å². The maximum atomic E-state index is 13.9. The van der Waals surface area contributed by atoms with E-state index in [1.54, 1.807) is 18.2 Å². The summed E-state index contributed by atoms with van der Waals surface area (Å²) in [7, 11) is 0. The molecule has 0 spiro atoms. The second-order valence-electron chi connectivity index (χ2n) is 3.71. The molecule has 0 amide bonds. The zero-order valence-electron chi connectivity index (χ0n) is 7.91. The predicted molar refractivity (Wildman–Crippen MR) is 52.9 cm³/mol. The molecule has 14 heavy (non-hydrogen) atoms. The molecule has 1 aromatic rings. The fourth-order valence-corrected chi connectivity index (χ4v) is 1.90. The van der Waals surface area contributed by atoms with Gasteiger partial charge in [-0.2, -0.15) is 0 Å². The van der Waals surface area contributed by atoms with E-state index < -0.39 is 6.17 Å². The van der Waals surface area contributed by atoms with Crippen molar-refractivity contribution in [2.45, 2.75) is 12.6 Å². The Hall–Kier alpha value is -1.09. The van der Waals surface area contributed by atoms with E-state index in [1.165, 1.54) is 6.07 Å². The average Bonchev–Trinajstić information content (AvgIpc) is 2.70. The summed E-state index contributed by atoms with van der Waals surface area (Å²) >= 11 is 0. The van der Waals surface area contributed by atoms with Gasteiger partial charge in [0, 0.05) is 18.0 Å². The number of hydrogen-bond donors (Lipinski definition) is 2. The molecule has 0 aromatic heterocycles. The van der Waals surface area contributed by atoms with Gasteiger partial charge in [0.2, 0.25) is 0 Å². The first kappa shape index (κ1) is 9.46. The third-order valence-corrected chi connectivity index (χ3v) is 2.75. The van der Waals surface area contributed by atoms with Crippen LogP contribution in [0.2, 0.25) is 0 Å². The molecule has 2 nitrogen and oxygen atoms in total. The van der Waals surface area contributed by atoms with E-state index >= 15 is 0 Å². The normalized spacial score (nSPS) is 23.6. The van der Waals surface area contributed by atoms with Crippen LogP contribution in [-0.4, -0.2) is 18.2 Å². The highest BCUT2D eigenvalue weighted by atomic mass is 19.1. The maximum absolute atomic E-state index is 13.9. The Morgan fingerprint density at radius 3 is 2.86 bits per heavy atom. The van der Waals surface area contributed by atoms with E-state index in [4.69, 9.17) is 0 Å². The van der Waals surface area contributed by atoms with Crippen molar-refractivity contribution >= 4 is 0 Å². The monoisotopic (exact) mass is 195 g/mol. The van der Waals surface area contributed by atoms with Crippen molar-refractivity contribution in [2.75, 3.05) is 13.1 Å². The van der Waals surface area contributed by atoms with Gasteiger partial charge in [0.25, 0.3) is 0 Å². The van der Waals surface area contributed by atoms with Crippen LogP contribution in [0.5, 0.6) is 5.75 Å². The molecule has 2 rings (SSSR count). The number of para-hydroxylation sites is 1. The summed E-state index contributed by atoms with van der Waals surface area (Å²) in [6.45, 7) is 1.58. The van der Waals surface area contributed by atoms with Crippen LogP contribution in [0, 0.1) is 5.92 Å². The van der Waals surface area contributed by atoms with E-state index in [1.807, 2.05) is 0 Å². The summed E-state index contributed by atoms with van der Waals surface area (Å²) in [5, 5.41) is 12.6. The molecule has 2 N–H and O–H groups in total. The first-order valence-electron chi connectivity index (χ1n) is 4.91.